The van der Waals surface area contributed by atoms with Crippen LogP contribution in [0.4, 0.5) is 4.79 Å². The largest absolute Gasteiger partial charge is 0.489 e. The highest BCUT2D eigenvalue weighted by Gasteiger charge is 2.04. The summed E-state index contributed by atoms with van der Waals surface area (Å²) in [4.78, 5) is 22.2. The molecule has 25 heavy (non-hydrogen) atoms. The van der Waals surface area contributed by atoms with Crippen LogP contribution in [0.2, 0.25) is 0 Å². The average molecular weight is 342 g/mol. The maximum Gasteiger partial charge on any atom is 0.427 e. The number of nitrogens with one attached hydrogen (secondary N) is 1. The summed E-state index contributed by atoms with van der Waals surface area (Å²) in [5.74, 6) is 0.321. The average Bonchev–Trinajstić information content (AvgIpc) is 2.67. The van der Waals surface area contributed by atoms with Crippen LogP contribution in [0.1, 0.15) is 21.5 Å². The summed E-state index contributed by atoms with van der Waals surface area (Å²) >= 11 is 0. The fraction of sp³-hybridized carbons (Fsp3) is 0.167. The van der Waals surface area contributed by atoms with Crippen molar-refractivity contribution in [3.05, 3.63) is 65.2 Å². The van der Waals surface area contributed by atoms with Crippen LogP contribution < -0.4 is 10.2 Å². The number of benzene rings is 2. The van der Waals surface area contributed by atoms with Crippen LogP contribution in [-0.2, 0) is 16.1 Å². The highest BCUT2D eigenvalue weighted by Crippen LogP contribution is 2.14. The van der Waals surface area contributed by atoms with E-state index in [1.807, 2.05) is 12.1 Å². The van der Waals surface area contributed by atoms with Crippen molar-refractivity contribution >= 4 is 18.3 Å². The summed E-state index contributed by atoms with van der Waals surface area (Å²) in [6.07, 6.45) is 0.862. The number of ether oxygens (including phenoxy) is 3. The number of carbonyl (C=O) groups is 2. The van der Waals surface area contributed by atoms with E-state index < -0.39 is 6.09 Å². The number of hydrazone groups is 1. The molecule has 0 saturated heterocycles. The Labute approximate surface area is 145 Å². The van der Waals surface area contributed by atoms with Gasteiger partial charge in [0.1, 0.15) is 12.4 Å². The number of amides is 1. The monoisotopic (exact) mass is 342 g/mol. The Bertz CT molecular complexity index is 739. The minimum Gasteiger partial charge on any atom is -0.489 e. The molecule has 0 aliphatic heterocycles. The number of esters is 1. The van der Waals surface area contributed by atoms with Crippen LogP contribution in [0, 0.1) is 0 Å². The Kier molecular flexibility index (Phi) is 6.53. The number of methoxy groups -OCH3 is 2. The molecule has 0 radical (unpaired) electrons. The van der Waals surface area contributed by atoms with Crippen molar-refractivity contribution in [2.45, 2.75) is 6.61 Å². The van der Waals surface area contributed by atoms with Gasteiger partial charge in [-0.05, 0) is 47.5 Å². The number of hydrogen-bond acceptors (Lipinski definition) is 6. The van der Waals surface area contributed by atoms with E-state index in [9.17, 15) is 9.59 Å². The predicted octanol–water partition coefficient (Wildman–Crippen LogP) is 2.74. The molecule has 0 saturated carbocycles. The number of nitrogens with zero attached hydrogens (tertiary/aromatic N) is 1. The SMILES string of the molecule is COC(=O)N/N=C\c1ccc(OCc2ccc(C(=O)OC)cc2)cc1. The first kappa shape index (κ1) is 18.0. The molecule has 0 aromatic heterocycles. The van der Waals surface area contributed by atoms with E-state index in [2.05, 4.69) is 20.0 Å². The van der Waals surface area contributed by atoms with Crippen molar-refractivity contribution in [1.29, 1.82) is 0 Å². The molecule has 0 bridgehead atoms. The topological polar surface area (TPSA) is 86.2 Å². The lowest BCUT2D eigenvalue weighted by molar-refractivity contribution is 0.0600. The molecule has 0 spiro atoms. The third-order valence-electron chi connectivity index (χ3n) is 3.22. The molecule has 130 valence electrons. The van der Waals surface area contributed by atoms with Crippen LogP contribution in [0.3, 0.4) is 0 Å². The van der Waals surface area contributed by atoms with Gasteiger partial charge in [0, 0.05) is 0 Å². The number of rotatable bonds is 6. The van der Waals surface area contributed by atoms with Gasteiger partial charge in [0.25, 0.3) is 0 Å². The number of hydrogen-bond donors (Lipinski definition) is 1. The van der Waals surface area contributed by atoms with Gasteiger partial charge in [0.2, 0.25) is 0 Å². The van der Waals surface area contributed by atoms with Crippen LogP contribution in [0.25, 0.3) is 0 Å². The number of carbonyl (C=O) groups excluding carboxylic acids is 2. The predicted molar refractivity (Wildman–Crippen MR) is 91.7 cm³/mol. The zero-order valence-corrected chi connectivity index (χ0v) is 13.9. The first-order valence-corrected chi connectivity index (χ1v) is 7.39. The van der Waals surface area contributed by atoms with Crippen molar-refractivity contribution in [1.82, 2.24) is 5.43 Å². The lowest BCUT2D eigenvalue weighted by Gasteiger charge is -2.07. The maximum atomic E-state index is 11.4. The maximum absolute atomic E-state index is 11.4. The van der Waals surface area contributed by atoms with Crippen LogP contribution >= 0.6 is 0 Å². The third-order valence-corrected chi connectivity index (χ3v) is 3.22. The minimum absolute atomic E-state index is 0.369. The van der Waals surface area contributed by atoms with Crippen molar-refractivity contribution in [3.8, 4) is 5.75 Å². The lowest BCUT2D eigenvalue weighted by Crippen LogP contribution is -2.16. The highest BCUT2D eigenvalue weighted by molar-refractivity contribution is 5.89. The van der Waals surface area contributed by atoms with E-state index in [0.29, 0.717) is 17.9 Å². The van der Waals surface area contributed by atoms with Crippen LogP contribution in [0.5, 0.6) is 5.75 Å². The molecule has 0 unspecified atom stereocenters. The molecule has 2 aromatic rings. The molecule has 0 aliphatic carbocycles. The van der Waals surface area contributed by atoms with Gasteiger partial charge in [-0.1, -0.05) is 12.1 Å². The Balaban J connectivity index is 1.87. The van der Waals surface area contributed by atoms with Crippen molar-refractivity contribution < 1.29 is 23.8 Å². The van der Waals surface area contributed by atoms with Gasteiger partial charge in [0.05, 0.1) is 26.0 Å². The molecule has 1 N–H and O–H groups in total. The molecule has 7 heteroatoms. The van der Waals surface area contributed by atoms with E-state index in [0.717, 1.165) is 11.1 Å². The Morgan fingerprint density at radius 3 is 2.28 bits per heavy atom. The molecule has 0 fully saturated rings. The third kappa shape index (κ3) is 5.65. The van der Waals surface area contributed by atoms with Crippen LogP contribution in [0.15, 0.2) is 53.6 Å². The van der Waals surface area contributed by atoms with Gasteiger partial charge in [-0.15, -0.1) is 0 Å². The molecule has 2 aromatic carbocycles. The van der Waals surface area contributed by atoms with E-state index in [4.69, 9.17) is 4.74 Å². The van der Waals surface area contributed by atoms with E-state index in [-0.39, 0.29) is 5.97 Å². The van der Waals surface area contributed by atoms with Crippen molar-refractivity contribution in [3.63, 3.8) is 0 Å². The lowest BCUT2D eigenvalue weighted by atomic mass is 10.1. The normalized spacial score (nSPS) is 10.3. The van der Waals surface area contributed by atoms with Gasteiger partial charge >= 0.3 is 12.1 Å². The zero-order chi connectivity index (χ0) is 18.1. The minimum atomic E-state index is -0.630. The van der Waals surface area contributed by atoms with Crippen molar-refractivity contribution in [2.24, 2.45) is 5.10 Å². The molecule has 1 amide bonds. The molecule has 0 heterocycles. The van der Waals surface area contributed by atoms with Crippen molar-refractivity contribution in [2.75, 3.05) is 14.2 Å². The second-order valence-electron chi connectivity index (χ2n) is 4.91. The molecular formula is C18H18N2O5. The van der Waals surface area contributed by atoms with Crippen LogP contribution in [-0.4, -0.2) is 32.5 Å². The molecule has 0 aliphatic rings. The second kappa shape index (κ2) is 9.07. The fourth-order valence-corrected chi connectivity index (χ4v) is 1.88. The van der Waals surface area contributed by atoms with Gasteiger partial charge in [-0.2, -0.15) is 5.10 Å². The van der Waals surface area contributed by atoms with E-state index in [1.54, 1.807) is 36.4 Å². The second-order valence-corrected chi connectivity index (χ2v) is 4.91. The summed E-state index contributed by atoms with van der Waals surface area (Å²) in [5.41, 5.74) is 4.43. The Morgan fingerprint density at radius 1 is 1.00 bits per heavy atom. The molecule has 7 nitrogen and oxygen atoms in total. The molecule has 0 atom stereocenters. The first-order chi connectivity index (χ1) is 12.1. The summed E-state index contributed by atoms with van der Waals surface area (Å²) in [6, 6.07) is 14.2. The van der Waals surface area contributed by atoms with Gasteiger partial charge in [-0.3, -0.25) is 0 Å². The molecular weight excluding hydrogens is 324 g/mol. The summed E-state index contributed by atoms with van der Waals surface area (Å²) in [5, 5.41) is 3.74. The summed E-state index contributed by atoms with van der Waals surface area (Å²) in [6.45, 7) is 0.374. The Morgan fingerprint density at radius 2 is 1.68 bits per heavy atom. The van der Waals surface area contributed by atoms with E-state index in [1.165, 1.54) is 20.4 Å². The van der Waals surface area contributed by atoms with Gasteiger partial charge < -0.3 is 14.2 Å². The summed E-state index contributed by atoms with van der Waals surface area (Å²) in [7, 11) is 2.61. The molecule has 2 rings (SSSR count). The first-order valence-electron chi connectivity index (χ1n) is 7.39. The van der Waals surface area contributed by atoms with E-state index >= 15 is 0 Å². The smallest absolute Gasteiger partial charge is 0.427 e. The summed E-state index contributed by atoms with van der Waals surface area (Å²) < 4.78 is 14.7. The quantitative estimate of drug-likeness (QED) is 0.495. The zero-order valence-electron chi connectivity index (χ0n) is 13.9. The highest BCUT2D eigenvalue weighted by atomic mass is 16.5. The van der Waals surface area contributed by atoms with Gasteiger partial charge in [-0.25, -0.2) is 15.0 Å². The standard InChI is InChI=1S/C18H18N2O5/c1-23-17(21)15-7-3-14(4-8-15)12-25-16-9-5-13(6-10-16)11-19-20-18(22)24-2/h3-11H,12H2,1-2H3,(H,20,22)/b19-11-. The fourth-order valence-electron chi connectivity index (χ4n) is 1.88. The van der Waals surface area contributed by atoms with Gasteiger partial charge in [0.15, 0.2) is 0 Å². The Hall–Kier alpha value is -3.35.